The van der Waals surface area contributed by atoms with Crippen molar-refractivity contribution in [3.63, 3.8) is 0 Å². The van der Waals surface area contributed by atoms with Gasteiger partial charge in [0.15, 0.2) is 0 Å². The standard InChI is InChI=1S/C30H28BrN3O4S/c1-21-14-16-23(17-15-21)39(37,38)29-25(31)11-7-13-27(29)33-20-28(35)34-26-12-6-5-10-24(26)30(36)32-19-18-22-8-3-2-4-9-22/h2-17,33H,18-20H2,1H3,(H,32,36)(H,34,35). The van der Waals surface area contributed by atoms with Gasteiger partial charge >= 0.3 is 0 Å². The summed E-state index contributed by atoms with van der Waals surface area (Å²) in [6.07, 6.45) is 0.686. The van der Waals surface area contributed by atoms with E-state index in [2.05, 4.69) is 31.9 Å². The molecule has 0 spiro atoms. The van der Waals surface area contributed by atoms with E-state index in [1.54, 1.807) is 66.7 Å². The smallest absolute Gasteiger partial charge is 0.253 e. The van der Waals surface area contributed by atoms with Crippen molar-refractivity contribution in [1.29, 1.82) is 0 Å². The molecule has 0 saturated carbocycles. The SMILES string of the molecule is Cc1ccc(S(=O)(=O)c2c(Br)cccc2NCC(=O)Nc2ccccc2C(=O)NCCc2ccccc2)cc1. The Balaban J connectivity index is 1.43. The lowest BCUT2D eigenvalue weighted by molar-refractivity contribution is -0.114. The summed E-state index contributed by atoms with van der Waals surface area (Å²) in [5, 5.41) is 8.59. The largest absolute Gasteiger partial charge is 0.375 e. The van der Waals surface area contributed by atoms with Gasteiger partial charge in [0.05, 0.1) is 28.4 Å². The number of anilines is 2. The first-order valence-corrected chi connectivity index (χ1v) is 14.6. The van der Waals surface area contributed by atoms with Crippen LogP contribution in [-0.2, 0) is 21.1 Å². The second kappa shape index (κ2) is 12.7. The molecule has 4 aromatic carbocycles. The molecule has 2 amide bonds. The minimum absolute atomic E-state index is 0.0415. The van der Waals surface area contributed by atoms with E-state index in [0.717, 1.165) is 11.1 Å². The molecular formula is C30H28BrN3O4S. The van der Waals surface area contributed by atoms with Gasteiger partial charge in [-0.15, -0.1) is 0 Å². The number of rotatable bonds is 10. The summed E-state index contributed by atoms with van der Waals surface area (Å²) in [4.78, 5) is 25.9. The summed E-state index contributed by atoms with van der Waals surface area (Å²) >= 11 is 3.35. The van der Waals surface area contributed by atoms with E-state index in [0.29, 0.717) is 28.7 Å². The van der Waals surface area contributed by atoms with Gasteiger partial charge in [0, 0.05) is 11.0 Å². The Labute approximate surface area is 236 Å². The molecule has 3 N–H and O–H groups in total. The fourth-order valence-electron chi connectivity index (χ4n) is 3.98. The molecule has 9 heteroatoms. The van der Waals surface area contributed by atoms with E-state index in [1.165, 1.54) is 0 Å². The van der Waals surface area contributed by atoms with Crippen LogP contribution in [0.4, 0.5) is 11.4 Å². The number of amides is 2. The molecule has 0 bridgehead atoms. The summed E-state index contributed by atoms with van der Waals surface area (Å²) < 4.78 is 27.2. The molecule has 0 atom stereocenters. The number of hydrogen-bond acceptors (Lipinski definition) is 5. The van der Waals surface area contributed by atoms with Crippen molar-refractivity contribution >= 4 is 49.0 Å². The average molecular weight is 607 g/mol. The van der Waals surface area contributed by atoms with Gasteiger partial charge in [0.2, 0.25) is 15.7 Å². The van der Waals surface area contributed by atoms with Gasteiger partial charge in [-0.25, -0.2) is 8.42 Å². The van der Waals surface area contributed by atoms with E-state index in [4.69, 9.17) is 0 Å². The molecule has 0 aromatic heterocycles. The van der Waals surface area contributed by atoms with Gasteiger partial charge in [0.25, 0.3) is 5.91 Å². The fourth-order valence-corrected chi connectivity index (χ4v) is 6.47. The Morgan fingerprint density at radius 3 is 2.21 bits per heavy atom. The quantitative estimate of drug-likeness (QED) is 0.218. The van der Waals surface area contributed by atoms with Crippen LogP contribution in [0.5, 0.6) is 0 Å². The zero-order valence-electron chi connectivity index (χ0n) is 21.3. The van der Waals surface area contributed by atoms with Crippen molar-refractivity contribution in [2.75, 3.05) is 23.7 Å². The third-order valence-corrected chi connectivity index (χ3v) is 8.79. The molecule has 39 heavy (non-hydrogen) atoms. The maximum atomic E-state index is 13.4. The van der Waals surface area contributed by atoms with Crippen LogP contribution < -0.4 is 16.0 Å². The minimum atomic E-state index is -3.86. The molecule has 0 heterocycles. The first-order chi connectivity index (χ1) is 18.8. The molecule has 7 nitrogen and oxygen atoms in total. The van der Waals surface area contributed by atoms with Crippen LogP contribution in [0.3, 0.4) is 0 Å². The second-order valence-electron chi connectivity index (χ2n) is 8.87. The molecule has 0 fully saturated rings. The third kappa shape index (κ3) is 7.13. The second-order valence-corrected chi connectivity index (χ2v) is 11.6. The Kier molecular flexibility index (Phi) is 9.16. The molecule has 4 rings (SSSR count). The van der Waals surface area contributed by atoms with Crippen molar-refractivity contribution in [1.82, 2.24) is 5.32 Å². The Morgan fingerprint density at radius 2 is 1.46 bits per heavy atom. The first kappa shape index (κ1) is 28.1. The Morgan fingerprint density at radius 1 is 0.795 bits per heavy atom. The van der Waals surface area contributed by atoms with E-state index in [9.17, 15) is 18.0 Å². The van der Waals surface area contributed by atoms with Crippen LogP contribution in [0.2, 0.25) is 0 Å². The van der Waals surface area contributed by atoms with Gasteiger partial charge in [-0.05, 0) is 71.2 Å². The van der Waals surface area contributed by atoms with E-state index in [-0.39, 0.29) is 27.9 Å². The van der Waals surface area contributed by atoms with E-state index in [1.807, 2.05) is 37.3 Å². The first-order valence-electron chi connectivity index (χ1n) is 12.3. The van der Waals surface area contributed by atoms with Crippen molar-refractivity contribution < 1.29 is 18.0 Å². The van der Waals surface area contributed by atoms with Crippen molar-refractivity contribution in [3.05, 3.63) is 118 Å². The molecule has 0 aliphatic rings. The Hall–Kier alpha value is -3.95. The highest BCUT2D eigenvalue weighted by atomic mass is 79.9. The highest BCUT2D eigenvalue weighted by Crippen LogP contribution is 2.34. The van der Waals surface area contributed by atoms with Gasteiger partial charge in [0.1, 0.15) is 4.90 Å². The number of hydrogen-bond donors (Lipinski definition) is 3. The van der Waals surface area contributed by atoms with Crippen LogP contribution >= 0.6 is 15.9 Å². The summed E-state index contributed by atoms with van der Waals surface area (Å²) in [5.41, 5.74) is 3.04. The molecule has 0 unspecified atom stereocenters. The van der Waals surface area contributed by atoms with Crippen molar-refractivity contribution in [2.45, 2.75) is 23.1 Å². The molecular weight excluding hydrogens is 578 g/mol. The lowest BCUT2D eigenvalue weighted by Gasteiger charge is -2.15. The lowest BCUT2D eigenvalue weighted by Crippen LogP contribution is -2.28. The maximum absolute atomic E-state index is 13.4. The average Bonchev–Trinajstić information content (AvgIpc) is 2.93. The molecule has 0 aliphatic carbocycles. The number of carbonyl (C=O) groups excluding carboxylic acids is 2. The van der Waals surface area contributed by atoms with Gasteiger partial charge in [-0.1, -0.05) is 66.2 Å². The fraction of sp³-hybridized carbons (Fsp3) is 0.133. The van der Waals surface area contributed by atoms with Crippen LogP contribution in [0.25, 0.3) is 0 Å². The number of nitrogens with one attached hydrogen (secondary N) is 3. The summed E-state index contributed by atoms with van der Waals surface area (Å²) in [6.45, 7) is 2.12. The number of halogens is 1. The van der Waals surface area contributed by atoms with Gasteiger partial charge in [-0.3, -0.25) is 9.59 Å². The molecule has 0 radical (unpaired) electrons. The normalized spacial score (nSPS) is 11.0. The van der Waals surface area contributed by atoms with Gasteiger partial charge in [-0.2, -0.15) is 0 Å². The van der Waals surface area contributed by atoms with Gasteiger partial charge < -0.3 is 16.0 Å². The monoisotopic (exact) mass is 605 g/mol. The number of para-hydroxylation sites is 1. The third-order valence-electron chi connectivity index (χ3n) is 5.99. The predicted molar refractivity (Wildman–Crippen MR) is 157 cm³/mol. The van der Waals surface area contributed by atoms with Crippen LogP contribution in [-0.4, -0.2) is 33.3 Å². The van der Waals surface area contributed by atoms with E-state index < -0.39 is 15.7 Å². The highest BCUT2D eigenvalue weighted by Gasteiger charge is 2.24. The topological polar surface area (TPSA) is 104 Å². The number of carbonyl (C=O) groups is 2. The Bertz CT molecular complexity index is 1570. The minimum Gasteiger partial charge on any atom is -0.375 e. The number of aryl methyl sites for hydroxylation is 1. The summed E-state index contributed by atoms with van der Waals surface area (Å²) in [6, 6.07) is 28.1. The van der Waals surface area contributed by atoms with Crippen LogP contribution in [0.1, 0.15) is 21.5 Å². The zero-order valence-corrected chi connectivity index (χ0v) is 23.7. The van der Waals surface area contributed by atoms with Crippen molar-refractivity contribution in [2.24, 2.45) is 0 Å². The predicted octanol–water partition coefficient (Wildman–Crippen LogP) is 5.61. The summed E-state index contributed by atoms with van der Waals surface area (Å²) in [7, 11) is -3.86. The molecule has 0 saturated heterocycles. The zero-order chi connectivity index (χ0) is 27.8. The highest BCUT2D eigenvalue weighted by molar-refractivity contribution is 9.10. The van der Waals surface area contributed by atoms with E-state index >= 15 is 0 Å². The van der Waals surface area contributed by atoms with Crippen LogP contribution in [0.15, 0.2) is 111 Å². The molecule has 0 aliphatic heterocycles. The van der Waals surface area contributed by atoms with Crippen LogP contribution in [0, 0.1) is 6.92 Å². The molecule has 4 aromatic rings. The molecule has 200 valence electrons. The maximum Gasteiger partial charge on any atom is 0.253 e. The number of benzene rings is 4. The lowest BCUT2D eigenvalue weighted by atomic mass is 10.1. The number of sulfone groups is 1. The van der Waals surface area contributed by atoms with Crippen molar-refractivity contribution in [3.8, 4) is 0 Å². The summed E-state index contributed by atoms with van der Waals surface area (Å²) in [5.74, 6) is -0.730.